The molecule has 166 valence electrons. The van der Waals surface area contributed by atoms with Crippen molar-refractivity contribution >= 4 is 35.2 Å². The molecule has 0 aromatic heterocycles. The predicted octanol–water partition coefficient (Wildman–Crippen LogP) is 4.76. The molecule has 2 aromatic rings. The van der Waals surface area contributed by atoms with Crippen molar-refractivity contribution in [3.63, 3.8) is 0 Å². The fourth-order valence-corrected chi connectivity index (χ4v) is 2.45. The van der Waals surface area contributed by atoms with E-state index in [0.717, 1.165) is 5.56 Å². The average Bonchev–Trinajstić information content (AvgIpc) is 2.70. The van der Waals surface area contributed by atoms with Crippen molar-refractivity contribution in [2.75, 3.05) is 0 Å². The molecule has 0 unspecified atom stereocenters. The van der Waals surface area contributed by atoms with Crippen LogP contribution in [0.2, 0.25) is 5.02 Å². The van der Waals surface area contributed by atoms with Crippen LogP contribution in [0.25, 0.3) is 0 Å². The minimum absolute atomic E-state index is 0.0569. The summed E-state index contributed by atoms with van der Waals surface area (Å²) >= 11 is 5.90. The van der Waals surface area contributed by atoms with Crippen LogP contribution >= 0.6 is 11.6 Å². The van der Waals surface area contributed by atoms with E-state index in [0.29, 0.717) is 16.1 Å². The molecule has 0 fully saturated rings. The maximum absolute atomic E-state index is 11.4. The van der Waals surface area contributed by atoms with Gasteiger partial charge >= 0.3 is 17.9 Å². The fourth-order valence-electron chi connectivity index (χ4n) is 2.33. The normalized spacial score (nSPS) is 10.8. The van der Waals surface area contributed by atoms with Crippen LogP contribution in [-0.2, 0) is 14.4 Å². The number of aliphatic imine (C=N–C) groups is 1. The predicted molar refractivity (Wildman–Crippen MR) is 119 cm³/mol. The maximum atomic E-state index is 11.4. The lowest BCUT2D eigenvalue weighted by molar-refractivity contribution is -0.149. The standard InChI is InChI=1S/C19H16ClNO6.C4H10/c1-10-3-8-15(27-11(2)22)14(9-10)16(12-4-6-13(20)7-5-12)21-17(18(23)24)19(25)26;1-3-4-2/h3-9,17H,1-2H3,(H,23,24)(H,25,26);3-4H2,1-2H3/b21-16-;. The minimum Gasteiger partial charge on any atom is -0.479 e. The summed E-state index contributed by atoms with van der Waals surface area (Å²) in [7, 11) is 0. The van der Waals surface area contributed by atoms with Crippen LogP contribution in [0, 0.1) is 6.92 Å². The lowest BCUT2D eigenvalue weighted by atomic mass is 9.99. The van der Waals surface area contributed by atoms with Crippen molar-refractivity contribution in [1.82, 2.24) is 0 Å². The number of carboxylic acid groups (broad SMARTS) is 2. The van der Waals surface area contributed by atoms with Gasteiger partial charge in [-0.05, 0) is 31.2 Å². The Kier molecular flexibility index (Phi) is 10.4. The van der Waals surface area contributed by atoms with Gasteiger partial charge in [-0.2, -0.15) is 0 Å². The van der Waals surface area contributed by atoms with Gasteiger partial charge in [-0.25, -0.2) is 9.59 Å². The Balaban J connectivity index is 0.00000110. The first kappa shape index (κ1) is 25.8. The molecule has 2 aromatic carbocycles. The van der Waals surface area contributed by atoms with Crippen molar-refractivity contribution in [2.24, 2.45) is 4.99 Å². The Hall–Kier alpha value is -3.19. The topological polar surface area (TPSA) is 113 Å². The summed E-state index contributed by atoms with van der Waals surface area (Å²) in [5.74, 6) is -3.67. The summed E-state index contributed by atoms with van der Waals surface area (Å²) in [6, 6.07) is 9.10. The third kappa shape index (κ3) is 8.22. The minimum atomic E-state index is -2.03. The quantitative estimate of drug-likeness (QED) is 0.274. The first-order chi connectivity index (χ1) is 14.6. The lowest BCUT2D eigenvalue weighted by Gasteiger charge is -2.14. The molecule has 7 nitrogen and oxygen atoms in total. The summed E-state index contributed by atoms with van der Waals surface area (Å²) < 4.78 is 5.19. The van der Waals surface area contributed by atoms with E-state index in [-0.39, 0.29) is 11.5 Å². The van der Waals surface area contributed by atoms with E-state index in [2.05, 4.69) is 18.8 Å². The number of ether oxygens (including phenoxy) is 1. The number of carbonyl (C=O) groups excluding carboxylic acids is 1. The first-order valence-electron chi connectivity index (χ1n) is 9.69. The molecule has 0 spiro atoms. The van der Waals surface area contributed by atoms with Crippen LogP contribution in [0.3, 0.4) is 0 Å². The zero-order chi connectivity index (χ0) is 23.6. The second kappa shape index (κ2) is 12.5. The molecule has 0 radical (unpaired) electrons. The number of nitrogens with zero attached hydrogens (tertiary/aromatic N) is 1. The van der Waals surface area contributed by atoms with Gasteiger partial charge in [0.15, 0.2) is 0 Å². The Labute approximate surface area is 186 Å². The van der Waals surface area contributed by atoms with E-state index in [1.165, 1.54) is 25.8 Å². The monoisotopic (exact) mass is 447 g/mol. The molecule has 0 saturated carbocycles. The fraction of sp³-hybridized carbons (Fsp3) is 0.304. The molecule has 0 atom stereocenters. The van der Waals surface area contributed by atoms with E-state index in [1.807, 2.05) is 0 Å². The maximum Gasteiger partial charge on any atom is 0.340 e. The number of aryl methyl sites for hydroxylation is 1. The van der Waals surface area contributed by atoms with Crippen LogP contribution < -0.4 is 4.74 Å². The number of benzene rings is 2. The third-order valence-electron chi connectivity index (χ3n) is 3.99. The van der Waals surface area contributed by atoms with Gasteiger partial charge in [0.2, 0.25) is 6.04 Å². The number of aliphatic carboxylic acids is 2. The summed E-state index contributed by atoms with van der Waals surface area (Å²) in [4.78, 5) is 38.0. The largest absolute Gasteiger partial charge is 0.479 e. The molecule has 0 aliphatic carbocycles. The zero-order valence-electron chi connectivity index (χ0n) is 17.9. The first-order valence-corrected chi connectivity index (χ1v) is 10.1. The summed E-state index contributed by atoms with van der Waals surface area (Å²) in [6.45, 7) is 7.37. The Morgan fingerprint density at radius 3 is 2.00 bits per heavy atom. The average molecular weight is 448 g/mol. The number of hydrogen-bond acceptors (Lipinski definition) is 5. The van der Waals surface area contributed by atoms with Crippen LogP contribution in [0.4, 0.5) is 0 Å². The van der Waals surface area contributed by atoms with Gasteiger partial charge in [-0.3, -0.25) is 9.79 Å². The molecule has 0 bridgehead atoms. The van der Waals surface area contributed by atoms with Crippen molar-refractivity contribution in [3.8, 4) is 5.75 Å². The number of carboxylic acids is 2. The van der Waals surface area contributed by atoms with Gasteiger partial charge in [0, 0.05) is 23.1 Å². The molecule has 2 N–H and O–H groups in total. The molecule has 0 heterocycles. The summed E-state index contributed by atoms with van der Waals surface area (Å²) in [5, 5.41) is 18.9. The molecular weight excluding hydrogens is 422 g/mol. The van der Waals surface area contributed by atoms with Crippen LogP contribution in [-0.4, -0.2) is 39.9 Å². The van der Waals surface area contributed by atoms with Crippen molar-refractivity contribution in [2.45, 2.75) is 46.6 Å². The molecule has 0 aliphatic heterocycles. The molecule has 0 amide bonds. The van der Waals surface area contributed by atoms with E-state index >= 15 is 0 Å². The number of halogens is 1. The second-order valence-electron chi connectivity index (χ2n) is 6.66. The molecule has 0 aliphatic rings. The highest BCUT2D eigenvalue weighted by atomic mass is 35.5. The molecule has 2 rings (SSSR count). The summed E-state index contributed by atoms with van der Waals surface area (Å²) in [5.41, 5.74) is 1.55. The highest BCUT2D eigenvalue weighted by molar-refractivity contribution is 6.30. The smallest absolute Gasteiger partial charge is 0.340 e. The zero-order valence-corrected chi connectivity index (χ0v) is 18.6. The number of hydrogen-bond donors (Lipinski definition) is 2. The highest BCUT2D eigenvalue weighted by Crippen LogP contribution is 2.25. The van der Waals surface area contributed by atoms with Crippen LogP contribution in [0.15, 0.2) is 47.5 Å². The van der Waals surface area contributed by atoms with Crippen LogP contribution in [0.5, 0.6) is 5.75 Å². The number of carbonyl (C=O) groups is 3. The third-order valence-corrected chi connectivity index (χ3v) is 4.24. The summed E-state index contributed by atoms with van der Waals surface area (Å²) in [6.07, 6.45) is 2.64. The van der Waals surface area contributed by atoms with Gasteiger partial charge < -0.3 is 14.9 Å². The Morgan fingerprint density at radius 2 is 1.55 bits per heavy atom. The van der Waals surface area contributed by atoms with Gasteiger partial charge in [-0.15, -0.1) is 0 Å². The number of rotatable bonds is 7. The van der Waals surface area contributed by atoms with Gasteiger partial charge in [-0.1, -0.05) is 62.1 Å². The Morgan fingerprint density at radius 1 is 1.00 bits per heavy atom. The number of unbranched alkanes of at least 4 members (excludes halogenated alkanes) is 1. The van der Waals surface area contributed by atoms with Gasteiger partial charge in [0.05, 0.1) is 5.71 Å². The van der Waals surface area contributed by atoms with E-state index in [1.54, 1.807) is 43.3 Å². The lowest BCUT2D eigenvalue weighted by Crippen LogP contribution is -2.29. The highest BCUT2D eigenvalue weighted by Gasteiger charge is 2.27. The second-order valence-corrected chi connectivity index (χ2v) is 7.09. The van der Waals surface area contributed by atoms with Crippen LogP contribution in [0.1, 0.15) is 50.3 Å². The van der Waals surface area contributed by atoms with Gasteiger partial charge in [0.1, 0.15) is 5.75 Å². The Bertz CT molecular complexity index is 937. The molecule has 31 heavy (non-hydrogen) atoms. The van der Waals surface area contributed by atoms with Crippen molar-refractivity contribution < 1.29 is 29.3 Å². The van der Waals surface area contributed by atoms with Crippen molar-refractivity contribution in [1.29, 1.82) is 0 Å². The van der Waals surface area contributed by atoms with E-state index in [4.69, 9.17) is 16.3 Å². The SMILES string of the molecule is CC(=O)Oc1ccc(C)cc1/C(=N\C(C(=O)O)C(=O)O)c1ccc(Cl)cc1.CCCC. The van der Waals surface area contributed by atoms with E-state index in [9.17, 15) is 24.6 Å². The molecule has 8 heteroatoms. The van der Waals surface area contributed by atoms with E-state index < -0.39 is 23.9 Å². The number of esters is 1. The van der Waals surface area contributed by atoms with Gasteiger partial charge in [0.25, 0.3) is 0 Å². The molecular formula is C23H26ClNO6. The van der Waals surface area contributed by atoms with Crippen molar-refractivity contribution in [3.05, 3.63) is 64.2 Å². The molecule has 0 saturated heterocycles.